The second-order valence-electron chi connectivity index (χ2n) is 9.86. The monoisotopic (exact) mass is 520 g/mol. The molecule has 2 heterocycles. The van der Waals surface area contributed by atoms with E-state index in [9.17, 15) is 17.6 Å². The minimum Gasteiger partial charge on any atom is -0.347 e. The molecule has 10 heteroatoms. The first-order chi connectivity index (χ1) is 16.6. The molecule has 7 nitrogen and oxygen atoms in total. The van der Waals surface area contributed by atoms with E-state index in [1.807, 2.05) is 25.3 Å². The molecule has 1 saturated heterocycles. The normalized spacial score (nSPS) is 23.1. The minimum absolute atomic E-state index is 0.215. The minimum atomic E-state index is -3.67. The Hall–Kier alpha value is -2.14. The van der Waals surface area contributed by atoms with Crippen LogP contribution in [0.4, 0.5) is 9.52 Å². The second-order valence-corrected chi connectivity index (χ2v) is 12.9. The molecule has 1 aromatic heterocycles. The number of aromatic nitrogens is 1. The van der Waals surface area contributed by atoms with Gasteiger partial charge in [0.1, 0.15) is 16.8 Å². The molecule has 1 aliphatic heterocycles. The van der Waals surface area contributed by atoms with Gasteiger partial charge in [0.25, 0.3) is 5.91 Å². The van der Waals surface area contributed by atoms with Crippen LogP contribution in [-0.2, 0) is 24.1 Å². The molecule has 1 atom stereocenters. The summed E-state index contributed by atoms with van der Waals surface area (Å²) in [6.07, 6.45) is 6.78. The molecule has 0 spiro atoms. The van der Waals surface area contributed by atoms with E-state index in [1.54, 1.807) is 0 Å². The number of amides is 1. The Morgan fingerprint density at radius 2 is 1.97 bits per heavy atom. The summed E-state index contributed by atoms with van der Waals surface area (Å²) in [6, 6.07) is 3.97. The van der Waals surface area contributed by atoms with Gasteiger partial charge in [-0.15, -0.1) is 11.3 Å². The van der Waals surface area contributed by atoms with Crippen LogP contribution in [0.5, 0.6) is 0 Å². The average molecular weight is 521 g/mol. The second kappa shape index (κ2) is 9.38. The van der Waals surface area contributed by atoms with Crippen molar-refractivity contribution < 1.29 is 27.1 Å². The van der Waals surface area contributed by atoms with Crippen LogP contribution in [0, 0.1) is 11.7 Å². The van der Waals surface area contributed by atoms with Gasteiger partial charge in [-0.05, 0) is 63.1 Å². The van der Waals surface area contributed by atoms with Gasteiger partial charge in [-0.3, -0.25) is 10.1 Å². The molecule has 1 amide bonds. The van der Waals surface area contributed by atoms with Gasteiger partial charge in [-0.25, -0.2) is 17.8 Å². The van der Waals surface area contributed by atoms with Crippen molar-refractivity contribution in [3.63, 3.8) is 0 Å². The Morgan fingerprint density at radius 1 is 1.23 bits per heavy atom. The Labute approximate surface area is 208 Å². The first kappa shape index (κ1) is 24.5. The first-order valence-electron chi connectivity index (χ1n) is 12.0. The van der Waals surface area contributed by atoms with Crippen LogP contribution in [0.3, 0.4) is 0 Å². The van der Waals surface area contributed by atoms with Crippen molar-refractivity contribution in [3.05, 3.63) is 46.7 Å². The maximum Gasteiger partial charge on any atom is 0.257 e. The third kappa shape index (κ3) is 5.35. The lowest BCUT2D eigenvalue weighted by molar-refractivity contribution is -0.139. The zero-order valence-corrected chi connectivity index (χ0v) is 21.4. The molecule has 35 heavy (non-hydrogen) atoms. The Bertz CT molecular complexity index is 1260. The van der Waals surface area contributed by atoms with Crippen molar-refractivity contribution >= 4 is 37.8 Å². The van der Waals surface area contributed by atoms with E-state index in [4.69, 9.17) is 9.47 Å². The number of rotatable bonds is 7. The molecule has 3 aliphatic rings. The number of hydrogen-bond donors (Lipinski definition) is 1. The number of halogens is 1. The highest BCUT2D eigenvalue weighted by Gasteiger charge is 2.39. The molecule has 0 radical (unpaired) electrons. The van der Waals surface area contributed by atoms with Crippen molar-refractivity contribution in [1.29, 1.82) is 0 Å². The quantitative estimate of drug-likeness (QED) is 0.501. The number of benzene rings is 1. The van der Waals surface area contributed by atoms with Gasteiger partial charge in [0, 0.05) is 11.0 Å². The highest BCUT2D eigenvalue weighted by molar-refractivity contribution is 7.92. The van der Waals surface area contributed by atoms with Gasteiger partial charge in [0.2, 0.25) is 0 Å². The third-order valence-corrected chi connectivity index (χ3v) is 9.71. The lowest BCUT2D eigenvalue weighted by atomic mass is 9.98. The lowest BCUT2D eigenvalue weighted by Gasteiger charge is -2.16. The smallest absolute Gasteiger partial charge is 0.257 e. The lowest BCUT2D eigenvalue weighted by Crippen LogP contribution is -2.19. The molecule has 1 unspecified atom stereocenters. The van der Waals surface area contributed by atoms with Crippen LogP contribution in [0.25, 0.3) is 5.57 Å². The summed E-state index contributed by atoms with van der Waals surface area (Å²) in [6.45, 7) is 4.05. The van der Waals surface area contributed by atoms with Crippen LogP contribution in [-0.4, -0.2) is 37.0 Å². The summed E-state index contributed by atoms with van der Waals surface area (Å²) in [7, 11) is -3.67. The zero-order chi connectivity index (χ0) is 24.8. The summed E-state index contributed by atoms with van der Waals surface area (Å²) < 4.78 is 51.5. The van der Waals surface area contributed by atoms with Crippen LogP contribution in [0.1, 0.15) is 69.7 Å². The highest BCUT2D eigenvalue weighted by Crippen LogP contribution is 2.37. The van der Waals surface area contributed by atoms with E-state index in [-0.39, 0.29) is 16.9 Å². The number of thiazole rings is 1. The van der Waals surface area contributed by atoms with E-state index in [0.717, 1.165) is 31.7 Å². The number of nitrogens with zero attached hydrogens (tertiary/aromatic N) is 1. The van der Waals surface area contributed by atoms with Crippen molar-refractivity contribution in [3.8, 4) is 0 Å². The largest absolute Gasteiger partial charge is 0.347 e. The van der Waals surface area contributed by atoms with Gasteiger partial charge < -0.3 is 9.47 Å². The SMILES string of the molecule is CC1(C)OCC(c2csc(NC(=O)/C(=C/C3CCCC3)c3ccc(S(=O)(=O)C4CC4)c(F)c3)n2)O1. The summed E-state index contributed by atoms with van der Waals surface area (Å²) in [5, 5.41) is 4.56. The number of allylic oxidation sites excluding steroid dienone is 1. The van der Waals surface area contributed by atoms with E-state index >= 15 is 0 Å². The molecular formula is C25H29FN2O5S2. The van der Waals surface area contributed by atoms with Crippen molar-refractivity contribution in [2.24, 2.45) is 5.92 Å². The molecule has 2 saturated carbocycles. The predicted molar refractivity (Wildman–Crippen MR) is 131 cm³/mol. The summed E-state index contributed by atoms with van der Waals surface area (Å²) >= 11 is 1.28. The van der Waals surface area contributed by atoms with Gasteiger partial charge in [-0.2, -0.15) is 0 Å². The molecule has 3 fully saturated rings. The predicted octanol–water partition coefficient (Wildman–Crippen LogP) is 5.25. The van der Waals surface area contributed by atoms with E-state index in [0.29, 0.717) is 41.4 Å². The van der Waals surface area contributed by atoms with Gasteiger partial charge in [-0.1, -0.05) is 25.0 Å². The number of hydrogen-bond acceptors (Lipinski definition) is 7. The molecule has 1 aromatic carbocycles. The van der Waals surface area contributed by atoms with Crippen LogP contribution in [0.2, 0.25) is 0 Å². The highest BCUT2D eigenvalue weighted by atomic mass is 32.2. The fourth-order valence-corrected chi connectivity index (χ4v) is 7.06. The summed E-state index contributed by atoms with van der Waals surface area (Å²) in [5.74, 6) is -1.69. The zero-order valence-electron chi connectivity index (χ0n) is 19.8. The molecule has 2 aromatic rings. The Balaban J connectivity index is 1.39. The molecule has 188 valence electrons. The van der Waals surface area contributed by atoms with Gasteiger partial charge >= 0.3 is 0 Å². The number of nitrogens with one attached hydrogen (secondary N) is 1. The number of ether oxygens (including phenoxy) is 2. The molecular weight excluding hydrogens is 491 g/mol. The van der Waals surface area contributed by atoms with Gasteiger partial charge in [0.15, 0.2) is 20.8 Å². The maximum absolute atomic E-state index is 15.0. The molecule has 0 bridgehead atoms. The standard InChI is InChI=1S/C25H29FN2O5S2/c1-25(2)32-13-21(33-25)20-14-34-24(27-20)28-23(29)18(11-15-5-3-4-6-15)16-7-10-22(19(26)12-16)35(30,31)17-8-9-17/h7,10-12,14-15,17,21H,3-6,8-9,13H2,1-2H3,(H,27,28,29)/b18-11+. The molecule has 2 aliphatic carbocycles. The Kier molecular flexibility index (Phi) is 6.58. The van der Waals surface area contributed by atoms with Crippen LogP contribution < -0.4 is 5.32 Å². The fraction of sp³-hybridized carbons (Fsp3) is 0.520. The maximum atomic E-state index is 15.0. The van der Waals surface area contributed by atoms with E-state index in [1.165, 1.54) is 23.5 Å². The molecule has 5 rings (SSSR count). The van der Waals surface area contributed by atoms with E-state index in [2.05, 4.69) is 10.3 Å². The number of carbonyl (C=O) groups is 1. The number of sulfone groups is 1. The van der Waals surface area contributed by atoms with E-state index < -0.39 is 32.6 Å². The van der Waals surface area contributed by atoms with Crippen molar-refractivity contribution in [2.75, 3.05) is 11.9 Å². The van der Waals surface area contributed by atoms with Crippen LogP contribution >= 0.6 is 11.3 Å². The van der Waals surface area contributed by atoms with Gasteiger partial charge in [0.05, 0.1) is 17.6 Å². The fourth-order valence-electron chi connectivity index (χ4n) is 4.61. The average Bonchev–Trinajstić information content (AvgIpc) is 3.18. The summed E-state index contributed by atoms with van der Waals surface area (Å²) in [5.41, 5.74) is 1.36. The topological polar surface area (TPSA) is 94.6 Å². The van der Waals surface area contributed by atoms with Crippen LogP contribution in [0.15, 0.2) is 34.6 Å². The van der Waals surface area contributed by atoms with Crippen molar-refractivity contribution in [2.45, 2.75) is 74.4 Å². The molecule has 1 N–H and O–H groups in total. The first-order valence-corrected chi connectivity index (χ1v) is 14.4. The van der Waals surface area contributed by atoms with Crippen molar-refractivity contribution in [1.82, 2.24) is 4.98 Å². The Morgan fingerprint density at radius 3 is 2.60 bits per heavy atom. The number of anilines is 1. The number of carbonyl (C=O) groups excluding carboxylic acids is 1. The third-order valence-electron chi connectivity index (χ3n) is 6.64. The summed E-state index contributed by atoms with van der Waals surface area (Å²) in [4.78, 5) is 17.5.